The zero-order chi connectivity index (χ0) is 15.9. The lowest BCUT2D eigenvalue weighted by Crippen LogP contribution is -2.39. The Kier molecular flexibility index (Phi) is 5.98. The van der Waals surface area contributed by atoms with Crippen LogP contribution in [0.4, 0.5) is 4.79 Å². The molecule has 1 heterocycles. The molecule has 0 spiro atoms. The molecule has 1 aromatic carbocycles. The summed E-state index contributed by atoms with van der Waals surface area (Å²) in [4.78, 5) is 11.8. The normalized spacial score (nSPS) is 13.4. The van der Waals surface area contributed by atoms with Crippen LogP contribution < -0.4 is 10.6 Å². The minimum absolute atomic E-state index is 0.198. The Balaban J connectivity index is 1.75. The average Bonchev–Trinajstić information content (AvgIpc) is 3.05. The smallest absolute Gasteiger partial charge is 0.314 e. The predicted molar refractivity (Wildman–Crippen MR) is 90.3 cm³/mol. The summed E-state index contributed by atoms with van der Waals surface area (Å²) in [5, 5.41) is 19.8. The number of urea groups is 1. The van der Waals surface area contributed by atoms with Crippen molar-refractivity contribution in [1.29, 1.82) is 0 Å². The first-order valence-corrected chi connectivity index (χ1v) is 8.29. The molecule has 0 radical (unpaired) electrons. The fourth-order valence-corrected chi connectivity index (χ4v) is 3.02. The molecule has 0 aliphatic carbocycles. The van der Waals surface area contributed by atoms with Crippen LogP contribution in [0.25, 0.3) is 0 Å². The van der Waals surface area contributed by atoms with Gasteiger partial charge in [0.15, 0.2) is 0 Å². The minimum atomic E-state index is -0.693. The predicted octanol–water partition coefficient (Wildman–Crippen LogP) is 3.19. The van der Waals surface area contributed by atoms with E-state index >= 15 is 0 Å². The van der Waals surface area contributed by atoms with Crippen molar-refractivity contribution in [3.05, 3.63) is 57.8 Å². The Morgan fingerprint density at radius 3 is 2.64 bits per heavy atom. The van der Waals surface area contributed by atoms with Crippen molar-refractivity contribution in [2.75, 3.05) is 13.1 Å². The molecule has 1 aromatic heterocycles. The number of carbonyl (C=O) groups is 1. The van der Waals surface area contributed by atoms with E-state index in [2.05, 4.69) is 29.0 Å². The number of aliphatic hydroxyl groups is 1. The Morgan fingerprint density at radius 1 is 1.23 bits per heavy atom. The second-order valence-corrected chi connectivity index (χ2v) is 6.20. The number of hydrogen-bond donors (Lipinski definition) is 3. The van der Waals surface area contributed by atoms with Gasteiger partial charge in [0.25, 0.3) is 0 Å². The van der Waals surface area contributed by atoms with E-state index in [1.165, 1.54) is 5.56 Å². The fourth-order valence-electron chi connectivity index (χ4n) is 2.24. The van der Waals surface area contributed by atoms with Gasteiger partial charge in [0.05, 0.1) is 6.10 Å². The molecule has 5 heteroatoms. The Bertz CT molecular complexity index is 598. The van der Waals surface area contributed by atoms with E-state index in [1.54, 1.807) is 11.3 Å². The zero-order valence-corrected chi connectivity index (χ0v) is 13.7. The maximum absolute atomic E-state index is 11.8. The first kappa shape index (κ1) is 16.5. The molecule has 2 amide bonds. The maximum atomic E-state index is 11.8. The molecular formula is C17H22N2O2S. The van der Waals surface area contributed by atoms with Gasteiger partial charge in [-0.2, -0.15) is 11.3 Å². The van der Waals surface area contributed by atoms with Crippen LogP contribution >= 0.6 is 11.3 Å². The second kappa shape index (κ2) is 7.96. The van der Waals surface area contributed by atoms with E-state index in [-0.39, 0.29) is 18.5 Å². The lowest BCUT2D eigenvalue weighted by Gasteiger charge is -2.16. The number of aryl methyl sites for hydroxylation is 1. The van der Waals surface area contributed by atoms with Crippen molar-refractivity contribution in [3.63, 3.8) is 0 Å². The van der Waals surface area contributed by atoms with Crippen LogP contribution in [0.3, 0.4) is 0 Å². The van der Waals surface area contributed by atoms with Crippen LogP contribution in [0.2, 0.25) is 0 Å². The second-order valence-electron chi connectivity index (χ2n) is 5.42. The monoisotopic (exact) mass is 318 g/mol. The molecule has 2 aromatic rings. The van der Waals surface area contributed by atoms with E-state index in [0.29, 0.717) is 6.54 Å². The molecule has 0 fully saturated rings. The van der Waals surface area contributed by atoms with E-state index in [1.807, 2.05) is 36.6 Å². The van der Waals surface area contributed by atoms with Gasteiger partial charge < -0.3 is 15.7 Å². The van der Waals surface area contributed by atoms with Gasteiger partial charge >= 0.3 is 6.03 Å². The first-order chi connectivity index (χ1) is 10.6. The third kappa shape index (κ3) is 4.58. The average molecular weight is 318 g/mol. The van der Waals surface area contributed by atoms with Crippen LogP contribution in [-0.2, 0) is 0 Å². The van der Waals surface area contributed by atoms with Crippen molar-refractivity contribution in [3.8, 4) is 0 Å². The summed E-state index contributed by atoms with van der Waals surface area (Å²) >= 11 is 1.65. The molecule has 3 N–H and O–H groups in total. The summed E-state index contributed by atoms with van der Waals surface area (Å²) in [6.45, 7) is 4.79. The summed E-state index contributed by atoms with van der Waals surface area (Å²) in [5.74, 6) is 0.276. The van der Waals surface area contributed by atoms with Gasteiger partial charge in [0.1, 0.15) is 0 Å². The highest BCUT2D eigenvalue weighted by Gasteiger charge is 2.12. The Morgan fingerprint density at radius 2 is 1.95 bits per heavy atom. The molecule has 22 heavy (non-hydrogen) atoms. The molecule has 2 unspecified atom stereocenters. The number of hydrogen-bond acceptors (Lipinski definition) is 3. The number of rotatable bonds is 6. The van der Waals surface area contributed by atoms with Crippen LogP contribution in [0.15, 0.2) is 41.1 Å². The molecule has 4 nitrogen and oxygen atoms in total. The summed E-state index contributed by atoms with van der Waals surface area (Å²) in [6.07, 6.45) is -0.693. The lowest BCUT2D eigenvalue weighted by atomic mass is 10.0. The fraction of sp³-hybridized carbons (Fsp3) is 0.353. The van der Waals surface area contributed by atoms with Crippen molar-refractivity contribution in [2.45, 2.75) is 25.9 Å². The number of amides is 2. The SMILES string of the molecule is Cc1ccccc1C(O)CNC(=O)NCC(C)c1ccsc1. The van der Waals surface area contributed by atoms with Gasteiger partial charge in [-0.05, 0) is 46.4 Å². The van der Waals surface area contributed by atoms with Crippen molar-refractivity contribution in [1.82, 2.24) is 10.6 Å². The molecule has 0 aliphatic heterocycles. The summed E-state index contributed by atoms with van der Waals surface area (Å²) in [6, 6.07) is 9.44. The molecule has 2 rings (SSSR count). The lowest BCUT2D eigenvalue weighted by molar-refractivity contribution is 0.172. The van der Waals surface area contributed by atoms with E-state index in [9.17, 15) is 9.90 Å². The van der Waals surface area contributed by atoms with Gasteiger partial charge in [0.2, 0.25) is 0 Å². The standard InChI is InChI=1S/C17H22N2O2S/c1-12-5-3-4-6-15(12)16(20)10-19-17(21)18-9-13(2)14-7-8-22-11-14/h3-8,11,13,16,20H,9-10H2,1-2H3,(H2,18,19,21). The van der Waals surface area contributed by atoms with Crippen LogP contribution in [-0.4, -0.2) is 24.2 Å². The first-order valence-electron chi connectivity index (χ1n) is 7.35. The maximum Gasteiger partial charge on any atom is 0.314 e. The highest BCUT2D eigenvalue weighted by atomic mass is 32.1. The van der Waals surface area contributed by atoms with Crippen LogP contribution in [0.1, 0.15) is 35.6 Å². The number of benzene rings is 1. The van der Waals surface area contributed by atoms with Gasteiger partial charge in [-0.15, -0.1) is 0 Å². The van der Waals surface area contributed by atoms with Crippen LogP contribution in [0, 0.1) is 6.92 Å². The van der Waals surface area contributed by atoms with Gasteiger partial charge in [0, 0.05) is 13.1 Å². The van der Waals surface area contributed by atoms with Crippen molar-refractivity contribution in [2.24, 2.45) is 0 Å². The Labute approximate surface area is 135 Å². The van der Waals surface area contributed by atoms with Crippen LogP contribution in [0.5, 0.6) is 0 Å². The summed E-state index contributed by atoms with van der Waals surface area (Å²) in [7, 11) is 0. The quantitative estimate of drug-likeness (QED) is 0.766. The molecule has 0 saturated heterocycles. The minimum Gasteiger partial charge on any atom is -0.387 e. The third-order valence-electron chi connectivity index (χ3n) is 3.68. The third-order valence-corrected chi connectivity index (χ3v) is 4.39. The number of thiophene rings is 1. The van der Waals surface area contributed by atoms with Gasteiger partial charge in [-0.1, -0.05) is 31.2 Å². The topological polar surface area (TPSA) is 61.4 Å². The molecule has 0 bridgehead atoms. The van der Waals surface area contributed by atoms with Gasteiger partial charge in [-0.25, -0.2) is 4.79 Å². The molecule has 118 valence electrons. The molecule has 2 atom stereocenters. The highest BCUT2D eigenvalue weighted by Crippen LogP contribution is 2.17. The van der Waals surface area contributed by atoms with Crippen molar-refractivity contribution >= 4 is 17.4 Å². The van der Waals surface area contributed by atoms with Gasteiger partial charge in [-0.3, -0.25) is 0 Å². The molecular weight excluding hydrogens is 296 g/mol. The van der Waals surface area contributed by atoms with Crippen molar-refractivity contribution < 1.29 is 9.90 Å². The van der Waals surface area contributed by atoms with E-state index in [4.69, 9.17) is 0 Å². The Hall–Kier alpha value is -1.85. The number of aliphatic hydroxyl groups excluding tert-OH is 1. The zero-order valence-electron chi connectivity index (χ0n) is 12.9. The number of nitrogens with one attached hydrogen (secondary N) is 2. The largest absolute Gasteiger partial charge is 0.387 e. The summed E-state index contributed by atoms with van der Waals surface area (Å²) < 4.78 is 0. The molecule has 0 aliphatic rings. The van der Waals surface area contributed by atoms with E-state index < -0.39 is 6.10 Å². The van der Waals surface area contributed by atoms with E-state index in [0.717, 1.165) is 11.1 Å². The summed E-state index contributed by atoms with van der Waals surface area (Å²) in [5.41, 5.74) is 3.09. The highest BCUT2D eigenvalue weighted by molar-refractivity contribution is 7.07. The number of carbonyl (C=O) groups excluding carboxylic acids is 1. The molecule has 0 saturated carbocycles.